The predicted molar refractivity (Wildman–Crippen MR) is 102 cm³/mol. The number of anilines is 2. The van der Waals surface area contributed by atoms with Gasteiger partial charge in [0.1, 0.15) is 6.61 Å². The number of carbonyl (C=O) groups excluding carboxylic acids is 1. The molecule has 1 aromatic carbocycles. The van der Waals surface area contributed by atoms with Crippen LogP contribution in [0.3, 0.4) is 0 Å². The molecule has 2 N–H and O–H groups in total. The number of thiazole rings is 1. The van der Waals surface area contributed by atoms with Crippen LogP contribution in [0.5, 0.6) is 5.75 Å². The van der Waals surface area contributed by atoms with Crippen molar-refractivity contribution in [1.82, 2.24) is 9.97 Å². The zero-order valence-corrected chi connectivity index (χ0v) is 15.3. The molecule has 2 aromatic heterocycles. The second-order valence-electron chi connectivity index (χ2n) is 5.35. The monoisotopic (exact) mass is 388 g/mol. The molecule has 3 aromatic rings. The molecule has 7 nitrogen and oxygen atoms in total. The molecule has 3 rings (SSSR count). The first-order valence-electron chi connectivity index (χ1n) is 8.01. The number of nitrogens with zero attached hydrogens (tertiary/aromatic N) is 2. The van der Waals surface area contributed by atoms with Gasteiger partial charge in [-0.05, 0) is 24.3 Å². The van der Waals surface area contributed by atoms with Gasteiger partial charge in [-0.3, -0.25) is 10.3 Å². The number of hydrogen-bond acceptors (Lipinski definition) is 6. The van der Waals surface area contributed by atoms with E-state index in [4.69, 9.17) is 9.47 Å². The first-order valence-corrected chi connectivity index (χ1v) is 8.89. The average Bonchev–Trinajstić information content (AvgIpc) is 3.13. The van der Waals surface area contributed by atoms with Gasteiger partial charge in [0.05, 0.1) is 12.3 Å². The van der Waals surface area contributed by atoms with Crippen molar-refractivity contribution >= 4 is 28.2 Å². The molecule has 0 bridgehead atoms. The molecule has 0 radical (unpaired) electrons. The number of benzene rings is 1. The highest BCUT2D eigenvalue weighted by atomic mass is 32.1. The summed E-state index contributed by atoms with van der Waals surface area (Å²) < 4.78 is 24.1. The highest BCUT2D eigenvalue weighted by Crippen LogP contribution is 2.25. The number of aromatic nitrogens is 2. The lowest BCUT2D eigenvalue weighted by Crippen LogP contribution is -2.19. The number of methoxy groups -OCH3 is 1. The molecular formula is C18H17FN4O3S. The fourth-order valence-corrected chi connectivity index (χ4v) is 2.88. The Bertz CT molecular complexity index is 905. The fraction of sp³-hybridized carbons (Fsp3) is 0.167. The third-order valence-corrected chi connectivity index (χ3v) is 4.17. The summed E-state index contributed by atoms with van der Waals surface area (Å²) in [5.74, 6) is -0.476. The van der Waals surface area contributed by atoms with E-state index in [2.05, 4.69) is 20.6 Å². The van der Waals surface area contributed by atoms with E-state index in [9.17, 15) is 9.18 Å². The van der Waals surface area contributed by atoms with Gasteiger partial charge in [0.15, 0.2) is 16.7 Å². The Hall–Kier alpha value is -3.04. The lowest BCUT2D eigenvalue weighted by molar-refractivity contribution is 0.144. The van der Waals surface area contributed by atoms with Gasteiger partial charge in [-0.2, -0.15) is 0 Å². The fourth-order valence-electron chi connectivity index (χ4n) is 2.17. The number of halogens is 1. The van der Waals surface area contributed by atoms with Crippen LogP contribution in [0.2, 0.25) is 0 Å². The smallest absolute Gasteiger partial charge is 0.325 e. The molecule has 0 saturated heterocycles. The van der Waals surface area contributed by atoms with Crippen molar-refractivity contribution in [2.75, 3.05) is 31.0 Å². The maximum Gasteiger partial charge on any atom is 0.325 e. The van der Waals surface area contributed by atoms with Gasteiger partial charge in [-0.15, -0.1) is 11.3 Å². The van der Waals surface area contributed by atoms with Crippen LogP contribution in [0.15, 0.2) is 48.1 Å². The van der Waals surface area contributed by atoms with Gasteiger partial charge in [-0.1, -0.05) is 0 Å². The number of nitrogens with one attached hydrogen (secondary N) is 2. The van der Waals surface area contributed by atoms with Crippen molar-refractivity contribution in [2.45, 2.75) is 0 Å². The zero-order chi connectivity index (χ0) is 19.1. The molecule has 0 fully saturated rings. The number of ether oxygens (including phenoxy) is 2. The van der Waals surface area contributed by atoms with Crippen LogP contribution in [-0.4, -0.2) is 36.3 Å². The molecular weight excluding hydrogens is 371 g/mol. The number of hydrogen-bond donors (Lipinski definition) is 2. The molecule has 2 amide bonds. The molecule has 9 heteroatoms. The van der Waals surface area contributed by atoms with E-state index >= 15 is 0 Å². The third kappa shape index (κ3) is 5.22. The Labute approximate surface area is 159 Å². The summed E-state index contributed by atoms with van der Waals surface area (Å²) in [5.41, 5.74) is 1.87. The minimum atomic E-state index is -0.572. The third-order valence-electron chi connectivity index (χ3n) is 3.42. The molecule has 27 heavy (non-hydrogen) atoms. The minimum absolute atomic E-state index is 0.0963. The van der Waals surface area contributed by atoms with E-state index in [1.807, 2.05) is 17.5 Å². The van der Waals surface area contributed by atoms with E-state index in [0.717, 1.165) is 5.56 Å². The molecule has 0 spiro atoms. The van der Waals surface area contributed by atoms with Crippen LogP contribution in [0.25, 0.3) is 11.3 Å². The van der Waals surface area contributed by atoms with E-state index < -0.39 is 11.8 Å². The predicted octanol–water partition coefficient (Wildman–Crippen LogP) is 4.01. The van der Waals surface area contributed by atoms with Crippen LogP contribution >= 0.6 is 11.3 Å². The van der Waals surface area contributed by atoms with Gasteiger partial charge < -0.3 is 14.8 Å². The van der Waals surface area contributed by atoms with E-state index in [0.29, 0.717) is 23.1 Å². The van der Waals surface area contributed by atoms with E-state index in [1.165, 1.54) is 30.6 Å². The Kier molecular flexibility index (Phi) is 6.29. The molecule has 0 aliphatic carbocycles. The van der Waals surface area contributed by atoms with Crippen molar-refractivity contribution in [3.63, 3.8) is 0 Å². The summed E-state index contributed by atoms with van der Waals surface area (Å²) in [6.07, 6.45) is 3.37. The van der Waals surface area contributed by atoms with Crippen molar-refractivity contribution in [1.29, 1.82) is 0 Å². The number of urea groups is 1. The number of amides is 2. The maximum absolute atomic E-state index is 14.0. The highest BCUT2D eigenvalue weighted by molar-refractivity contribution is 7.14. The van der Waals surface area contributed by atoms with Crippen molar-refractivity contribution in [3.05, 3.63) is 53.9 Å². The molecule has 2 heterocycles. The topological polar surface area (TPSA) is 85.4 Å². The van der Waals surface area contributed by atoms with Crippen LogP contribution in [-0.2, 0) is 4.74 Å². The van der Waals surface area contributed by atoms with Gasteiger partial charge in [0, 0.05) is 42.2 Å². The molecule has 0 aliphatic rings. The summed E-state index contributed by atoms with van der Waals surface area (Å²) in [7, 11) is 1.54. The van der Waals surface area contributed by atoms with E-state index in [-0.39, 0.29) is 12.4 Å². The summed E-state index contributed by atoms with van der Waals surface area (Å²) >= 11 is 1.28. The summed E-state index contributed by atoms with van der Waals surface area (Å²) in [6.45, 7) is 0.598. The molecule has 0 saturated carbocycles. The van der Waals surface area contributed by atoms with Gasteiger partial charge in [0.2, 0.25) is 0 Å². The first kappa shape index (κ1) is 18.7. The maximum atomic E-state index is 14.0. The van der Waals surface area contributed by atoms with Gasteiger partial charge in [0.25, 0.3) is 0 Å². The van der Waals surface area contributed by atoms with Crippen LogP contribution in [0, 0.1) is 5.82 Å². The van der Waals surface area contributed by atoms with Crippen LogP contribution in [0.4, 0.5) is 20.0 Å². The quantitative estimate of drug-likeness (QED) is 0.597. The Balaban J connectivity index is 1.58. The lowest BCUT2D eigenvalue weighted by Gasteiger charge is -2.09. The lowest BCUT2D eigenvalue weighted by atomic mass is 10.2. The number of rotatable bonds is 7. The average molecular weight is 388 g/mol. The second-order valence-corrected chi connectivity index (χ2v) is 6.20. The van der Waals surface area contributed by atoms with Crippen LogP contribution < -0.4 is 15.4 Å². The zero-order valence-electron chi connectivity index (χ0n) is 14.4. The molecule has 0 unspecified atom stereocenters. The van der Waals surface area contributed by atoms with Crippen molar-refractivity contribution in [2.24, 2.45) is 0 Å². The second kappa shape index (κ2) is 9.06. The van der Waals surface area contributed by atoms with Crippen LogP contribution in [0.1, 0.15) is 0 Å². The summed E-state index contributed by atoms with van der Waals surface area (Å²) in [6, 6.07) is 7.36. The van der Waals surface area contributed by atoms with Crippen molar-refractivity contribution < 1.29 is 18.7 Å². The summed E-state index contributed by atoms with van der Waals surface area (Å²) in [4.78, 5) is 20.5. The normalized spacial score (nSPS) is 10.4. The minimum Gasteiger partial charge on any atom is -0.488 e. The number of pyridine rings is 1. The largest absolute Gasteiger partial charge is 0.488 e. The molecule has 0 aliphatic heterocycles. The van der Waals surface area contributed by atoms with Gasteiger partial charge >= 0.3 is 6.03 Å². The first-order chi connectivity index (χ1) is 13.2. The SMILES string of the molecule is COCCOc1ccc(NC(=O)Nc2nc(-c3cccnc3)cs2)cc1F. The Morgan fingerprint density at radius 2 is 2.15 bits per heavy atom. The Morgan fingerprint density at radius 3 is 2.89 bits per heavy atom. The van der Waals surface area contributed by atoms with Crippen molar-refractivity contribution in [3.8, 4) is 17.0 Å². The van der Waals surface area contributed by atoms with E-state index in [1.54, 1.807) is 18.5 Å². The molecule has 140 valence electrons. The van der Waals surface area contributed by atoms with Gasteiger partial charge in [-0.25, -0.2) is 14.2 Å². The summed E-state index contributed by atoms with van der Waals surface area (Å²) in [5, 5.41) is 7.42. The highest BCUT2D eigenvalue weighted by Gasteiger charge is 2.10. The number of carbonyl (C=O) groups is 1. The standard InChI is InChI=1S/C18H17FN4O3S/c1-25-7-8-26-16-5-4-13(9-14(16)19)21-17(24)23-18-22-15(11-27-18)12-3-2-6-20-10-12/h2-6,9-11H,7-8H2,1H3,(H2,21,22,23,24). The Morgan fingerprint density at radius 1 is 1.26 bits per heavy atom. The molecule has 0 atom stereocenters.